The molecule has 1 heterocycles. The van der Waals surface area contributed by atoms with Crippen LogP contribution in [0.5, 0.6) is 0 Å². The predicted octanol–water partition coefficient (Wildman–Crippen LogP) is 1.37. The number of rotatable bonds is 4. The molecule has 1 aromatic carbocycles. The molecule has 1 saturated carbocycles. The second-order valence-electron chi connectivity index (χ2n) is 5.45. The van der Waals surface area contributed by atoms with E-state index in [1.807, 2.05) is 0 Å². The van der Waals surface area contributed by atoms with Gasteiger partial charge in [-0.15, -0.1) is 0 Å². The van der Waals surface area contributed by atoms with Gasteiger partial charge in [0.05, 0.1) is 0 Å². The second-order valence-corrected chi connectivity index (χ2v) is 5.45. The fourth-order valence-corrected chi connectivity index (χ4v) is 2.04. The topological polar surface area (TPSA) is 115 Å². The summed E-state index contributed by atoms with van der Waals surface area (Å²) in [6.45, 7) is 0. The van der Waals surface area contributed by atoms with Crippen LogP contribution in [0.3, 0.4) is 0 Å². The van der Waals surface area contributed by atoms with E-state index < -0.39 is 11.8 Å². The number of benzene rings is 1. The van der Waals surface area contributed by atoms with Gasteiger partial charge in [-0.25, -0.2) is 4.79 Å². The highest BCUT2D eigenvalue weighted by Gasteiger charge is 2.23. The highest BCUT2D eigenvalue weighted by molar-refractivity contribution is 5.99. The fourth-order valence-electron chi connectivity index (χ4n) is 2.04. The molecule has 1 aromatic heterocycles. The number of nitrogens with one attached hydrogen (secondary N) is 5. The summed E-state index contributed by atoms with van der Waals surface area (Å²) in [7, 11) is 0. The largest absolute Gasteiger partial charge is 0.357 e. The molecule has 0 spiro atoms. The number of aromatic nitrogens is 1. The zero-order chi connectivity index (χ0) is 16.9. The maximum absolute atomic E-state index is 12.1. The second kappa shape index (κ2) is 6.86. The summed E-state index contributed by atoms with van der Waals surface area (Å²) in [5, 5.41) is 5.47. The van der Waals surface area contributed by atoms with Crippen molar-refractivity contribution >= 4 is 23.5 Å². The van der Waals surface area contributed by atoms with Crippen LogP contribution in [0.4, 0.5) is 10.5 Å². The van der Waals surface area contributed by atoms with Crippen molar-refractivity contribution in [1.29, 1.82) is 0 Å². The standard InChI is InChI=1S/C16H17N5O3/c22-14(20-21-15(23)13-5-2-8-17-13)10-3-1-4-12(9-10)19-16(24)18-11-6-7-11/h1-5,8-9,11,17H,6-7H2,(H,20,22)(H,21,23)(H2,18,19,24). The summed E-state index contributed by atoms with van der Waals surface area (Å²) in [4.78, 5) is 38.3. The van der Waals surface area contributed by atoms with Crippen molar-refractivity contribution in [2.24, 2.45) is 0 Å². The molecule has 0 unspecified atom stereocenters. The number of carbonyl (C=O) groups excluding carboxylic acids is 3. The maximum Gasteiger partial charge on any atom is 0.319 e. The number of carbonyl (C=O) groups is 3. The van der Waals surface area contributed by atoms with Gasteiger partial charge in [-0.3, -0.25) is 20.4 Å². The molecule has 8 heteroatoms. The molecular formula is C16H17N5O3. The van der Waals surface area contributed by atoms with Gasteiger partial charge in [0.2, 0.25) is 0 Å². The summed E-state index contributed by atoms with van der Waals surface area (Å²) in [6, 6.07) is 9.66. The van der Waals surface area contributed by atoms with Crippen LogP contribution in [0, 0.1) is 0 Å². The van der Waals surface area contributed by atoms with Gasteiger partial charge in [-0.05, 0) is 43.2 Å². The molecule has 24 heavy (non-hydrogen) atoms. The Kier molecular flexibility index (Phi) is 4.46. The summed E-state index contributed by atoms with van der Waals surface area (Å²) in [5.74, 6) is -0.937. The minimum absolute atomic E-state index is 0.250. The Balaban J connectivity index is 1.55. The van der Waals surface area contributed by atoms with Gasteiger partial charge in [0, 0.05) is 23.5 Å². The molecule has 0 bridgehead atoms. The minimum Gasteiger partial charge on any atom is -0.357 e. The number of aromatic amines is 1. The lowest BCUT2D eigenvalue weighted by Gasteiger charge is -2.09. The minimum atomic E-state index is -0.485. The SMILES string of the molecule is O=C(Nc1cccc(C(=O)NNC(=O)c2ccc[nH]2)c1)NC1CC1. The Morgan fingerprint density at radius 3 is 2.50 bits per heavy atom. The number of urea groups is 1. The molecule has 1 aliphatic rings. The quantitative estimate of drug-likeness (QED) is 0.546. The monoisotopic (exact) mass is 327 g/mol. The van der Waals surface area contributed by atoms with Crippen LogP contribution in [-0.2, 0) is 0 Å². The van der Waals surface area contributed by atoms with Gasteiger partial charge >= 0.3 is 6.03 Å². The van der Waals surface area contributed by atoms with Gasteiger partial charge < -0.3 is 15.6 Å². The summed E-state index contributed by atoms with van der Waals surface area (Å²) in [6.07, 6.45) is 3.60. The van der Waals surface area contributed by atoms with Crippen molar-refractivity contribution in [3.63, 3.8) is 0 Å². The molecule has 1 aliphatic carbocycles. The van der Waals surface area contributed by atoms with Crippen molar-refractivity contribution in [2.75, 3.05) is 5.32 Å². The van der Waals surface area contributed by atoms with E-state index in [9.17, 15) is 14.4 Å². The van der Waals surface area contributed by atoms with Gasteiger partial charge in [0.15, 0.2) is 0 Å². The molecule has 0 radical (unpaired) electrons. The number of anilines is 1. The number of hydrazine groups is 1. The number of hydrogen-bond donors (Lipinski definition) is 5. The Morgan fingerprint density at radius 1 is 1.00 bits per heavy atom. The van der Waals surface area contributed by atoms with Crippen molar-refractivity contribution in [2.45, 2.75) is 18.9 Å². The first kappa shape index (κ1) is 15.6. The average Bonchev–Trinajstić information content (AvgIpc) is 3.21. The third-order valence-corrected chi connectivity index (χ3v) is 3.43. The van der Waals surface area contributed by atoms with Crippen LogP contribution >= 0.6 is 0 Å². The molecular weight excluding hydrogens is 310 g/mol. The third-order valence-electron chi connectivity index (χ3n) is 3.43. The Hall–Kier alpha value is -3.29. The lowest BCUT2D eigenvalue weighted by molar-refractivity contribution is 0.0844. The summed E-state index contributed by atoms with van der Waals surface area (Å²) < 4.78 is 0. The van der Waals surface area contributed by atoms with Crippen LogP contribution in [0.25, 0.3) is 0 Å². The first-order valence-corrected chi connectivity index (χ1v) is 7.53. The third kappa shape index (κ3) is 4.13. The first-order valence-electron chi connectivity index (χ1n) is 7.53. The molecule has 3 rings (SSSR count). The van der Waals surface area contributed by atoms with Crippen molar-refractivity contribution in [3.8, 4) is 0 Å². The van der Waals surface area contributed by atoms with Crippen LogP contribution in [0.1, 0.15) is 33.7 Å². The van der Waals surface area contributed by atoms with E-state index in [1.165, 1.54) is 6.07 Å². The highest BCUT2D eigenvalue weighted by atomic mass is 16.2. The average molecular weight is 327 g/mol. The fraction of sp³-hybridized carbons (Fsp3) is 0.188. The molecule has 8 nitrogen and oxygen atoms in total. The van der Waals surface area contributed by atoms with E-state index in [0.29, 0.717) is 16.9 Å². The number of hydrogen-bond acceptors (Lipinski definition) is 3. The van der Waals surface area contributed by atoms with Gasteiger partial charge in [0.25, 0.3) is 11.8 Å². The molecule has 5 N–H and O–H groups in total. The van der Waals surface area contributed by atoms with Gasteiger partial charge in [-0.1, -0.05) is 6.07 Å². The normalized spacial score (nSPS) is 13.0. The van der Waals surface area contributed by atoms with Crippen molar-refractivity contribution in [3.05, 3.63) is 53.9 Å². The molecule has 0 atom stereocenters. The van der Waals surface area contributed by atoms with Gasteiger partial charge in [0.1, 0.15) is 5.69 Å². The molecule has 1 fully saturated rings. The zero-order valence-corrected chi connectivity index (χ0v) is 12.8. The molecule has 2 aromatic rings. The van der Waals surface area contributed by atoms with Crippen molar-refractivity contribution < 1.29 is 14.4 Å². The van der Waals surface area contributed by atoms with Crippen LogP contribution in [-0.4, -0.2) is 28.9 Å². The maximum atomic E-state index is 12.1. The van der Waals surface area contributed by atoms with E-state index in [1.54, 1.807) is 36.5 Å². The molecule has 0 saturated heterocycles. The lowest BCUT2D eigenvalue weighted by atomic mass is 10.2. The summed E-state index contributed by atoms with van der Waals surface area (Å²) >= 11 is 0. The van der Waals surface area contributed by atoms with E-state index in [4.69, 9.17) is 0 Å². The molecule has 0 aliphatic heterocycles. The van der Waals surface area contributed by atoms with E-state index in [0.717, 1.165) is 12.8 Å². The van der Waals surface area contributed by atoms with E-state index in [-0.39, 0.29) is 12.1 Å². The summed E-state index contributed by atoms with van der Waals surface area (Å²) in [5.41, 5.74) is 5.77. The van der Waals surface area contributed by atoms with Gasteiger partial charge in [-0.2, -0.15) is 0 Å². The Labute approximate surface area is 138 Å². The van der Waals surface area contributed by atoms with E-state index in [2.05, 4.69) is 26.5 Å². The molecule has 4 amide bonds. The number of H-pyrrole nitrogens is 1. The first-order chi connectivity index (χ1) is 11.6. The Bertz CT molecular complexity index is 753. The van der Waals surface area contributed by atoms with E-state index >= 15 is 0 Å². The van der Waals surface area contributed by atoms with Crippen LogP contribution in [0.2, 0.25) is 0 Å². The number of amides is 4. The highest BCUT2D eigenvalue weighted by Crippen LogP contribution is 2.19. The lowest BCUT2D eigenvalue weighted by Crippen LogP contribution is -2.41. The van der Waals surface area contributed by atoms with Crippen LogP contribution in [0.15, 0.2) is 42.6 Å². The Morgan fingerprint density at radius 2 is 1.79 bits per heavy atom. The predicted molar refractivity (Wildman–Crippen MR) is 87.3 cm³/mol. The van der Waals surface area contributed by atoms with Crippen molar-refractivity contribution in [1.82, 2.24) is 21.2 Å². The zero-order valence-electron chi connectivity index (χ0n) is 12.8. The molecule has 124 valence electrons. The smallest absolute Gasteiger partial charge is 0.319 e. The van der Waals surface area contributed by atoms with Crippen LogP contribution < -0.4 is 21.5 Å².